The Balaban J connectivity index is 1.60. The number of rotatable bonds is 5. The molecule has 1 aromatic heterocycles. The minimum absolute atomic E-state index is 0.0582. The van der Waals surface area contributed by atoms with Gasteiger partial charge in [0.25, 0.3) is 5.91 Å². The number of amides is 1. The average molecular weight is 334 g/mol. The van der Waals surface area contributed by atoms with Crippen molar-refractivity contribution in [2.24, 2.45) is 0 Å². The maximum absolute atomic E-state index is 12.7. The van der Waals surface area contributed by atoms with Crippen LogP contribution in [0.2, 0.25) is 0 Å². The lowest BCUT2D eigenvalue weighted by atomic mass is 9.99. The maximum atomic E-state index is 12.7. The largest absolute Gasteiger partial charge is 0.340 e. The van der Waals surface area contributed by atoms with Gasteiger partial charge in [0.15, 0.2) is 0 Å². The lowest BCUT2D eigenvalue weighted by Gasteiger charge is -2.19. The van der Waals surface area contributed by atoms with Crippen molar-refractivity contribution in [3.8, 4) is 0 Å². The maximum Gasteiger partial charge on any atom is 0.263 e. The second kappa shape index (κ2) is 6.57. The number of hydrogen-bond donors (Lipinski definition) is 1. The third-order valence-electron chi connectivity index (χ3n) is 4.22. The van der Waals surface area contributed by atoms with E-state index >= 15 is 0 Å². The fraction of sp³-hybridized carbons (Fsp3) is 0.200. The van der Waals surface area contributed by atoms with Gasteiger partial charge in [0.2, 0.25) is 0 Å². The van der Waals surface area contributed by atoms with Crippen molar-refractivity contribution in [3.63, 3.8) is 0 Å². The molecule has 3 aromatic rings. The molecule has 4 heteroatoms. The Morgan fingerprint density at radius 3 is 2.12 bits per heavy atom. The molecule has 0 aliphatic heterocycles. The van der Waals surface area contributed by atoms with E-state index in [1.807, 2.05) is 60.7 Å². The van der Waals surface area contributed by atoms with E-state index < -0.39 is 0 Å². The molecule has 2 aromatic carbocycles. The zero-order chi connectivity index (χ0) is 16.4. The Labute approximate surface area is 145 Å². The van der Waals surface area contributed by atoms with E-state index in [2.05, 4.69) is 10.3 Å². The van der Waals surface area contributed by atoms with Crippen LogP contribution in [-0.2, 0) is 0 Å². The molecule has 1 aliphatic rings. The molecule has 24 heavy (non-hydrogen) atoms. The van der Waals surface area contributed by atoms with Crippen LogP contribution in [0.1, 0.15) is 50.6 Å². The molecule has 1 heterocycles. The predicted molar refractivity (Wildman–Crippen MR) is 96.3 cm³/mol. The second-order valence-corrected chi connectivity index (χ2v) is 7.13. The zero-order valence-corrected chi connectivity index (χ0v) is 14.0. The summed E-state index contributed by atoms with van der Waals surface area (Å²) in [6, 6.07) is 20.0. The summed E-state index contributed by atoms with van der Waals surface area (Å²) in [7, 11) is 0. The Morgan fingerprint density at radius 2 is 1.58 bits per heavy atom. The van der Waals surface area contributed by atoms with Crippen LogP contribution in [-0.4, -0.2) is 10.9 Å². The highest BCUT2D eigenvalue weighted by molar-refractivity contribution is 7.13. The van der Waals surface area contributed by atoms with Crippen LogP contribution in [0.5, 0.6) is 0 Å². The minimum Gasteiger partial charge on any atom is -0.340 e. The first-order valence-corrected chi connectivity index (χ1v) is 8.99. The Hall–Kier alpha value is -2.46. The fourth-order valence-electron chi connectivity index (χ4n) is 2.76. The number of nitrogens with one attached hydrogen (secondary N) is 1. The van der Waals surface area contributed by atoms with E-state index in [1.165, 1.54) is 24.2 Å². The van der Waals surface area contributed by atoms with Gasteiger partial charge in [-0.05, 0) is 24.0 Å². The quantitative estimate of drug-likeness (QED) is 0.744. The van der Waals surface area contributed by atoms with Gasteiger partial charge in [-0.25, -0.2) is 4.98 Å². The van der Waals surface area contributed by atoms with E-state index in [4.69, 9.17) is 0 Å². The summed E-state index contributed by atoms with van der Waals surface area (Å²) in [4.78, 5) is 17.8. The van der Waals surface area contributed by atoms with Crippen molar-refractivity contribution in [1.82, 2.24) is 10.3 Å². The third kappa shape index (κ3) is 3.24. The van der Waals surface area contributed by atoms with Gasteiger partial charge in [-0.2, -0.15) is 0 Å². The van der Waals surface area contributed by atoms with E-state index in [0.717, 1.165) is 16.1 Å². The molecule has 0 spiro atoms. The van der Waals surface area contributed by atoms with Gasteiger partial charge in [-0.1, -0.05) is 60.7 Å². The minimum atomic E-state index is -0.161. The highest BCUT2D eigenvalue weighted by Gasteiger charge is 2.28. The summed E-state index contributed by atoms with van der Waals surface area (Å²) in [6.45, 7) is 0. The van der Waals surface area contributed by atoms with Crippen LogP contribution in [0.25, 0.3) is 0 Å². The highest BCUT2D eigenvalue weighted by atomic mass is 32.1. The molecule has 1 fully saturated rings. The number of benzene rings is 2. The SMILES string of the molecule is O=C(NC(c1ccccc1)c1ccccc1)c1cnc(C2CC2)s1. The molecule has 0 bridgehead atoms. The van der Waals surface area contributed by atoms with Gasteiger partial charge in [0.1, 0.15) is 4.88 Å². The number of hydrogen-bond acceptors (Lipinski definition) is 3. The average Bonchev–Trinajstić information content (AvgIpc) is 3.38. The van der Waals surface area contributed by atoms with E-state index in [9.17, 15) is 4.79 Å². The summed E-state index contributed by atoms with van der Waals surface area (Å²) in [5, 5.41) is 4.26. The van der Waals surface area contributed by atoms with E-state index in [1.54, 1.807) is 6.20 Å². The molecular weight excluding hydrogens is 316 g/mol. The summed E-state index contributed by atoms with van der Waals surface area (Å²) >= 11 is 1.52. The van der Waals surface area contributed by atoms with Crippen LogP contribution >= 0.6 is 11.3 Å². The molecule has 4 rings (SSSR count). The smallest absolute Gasteiger partial charge is 0.263 e. The molecule has 0 saturated heterocycles. The molecule has 120 valence electrons. The molecular formula is C20H18N2OS. The van der Waals surface area contributed by atoms with Gasteiger partial charge >= 0.3 is 0 Å². The topological polar surface area (TPSA) is 42.0 Å². The number of thiazole rings is 1. The first kappa shape index (κ1) is 15.1. The molecule has 1 aliphatic carbocycles. The van der Waals surface area contributed by atoms with Crippen molar-refractivity contribution < 1.29 is 4.79 Å². The number of carbonyl (C=O) groups excluding carboxylic acids is 1. The van der Waals surface area contributed by atoms with E-state index in [-0.39, 0.29) is 11.9 Å². The monoisotopic (exact) mass is 334 g/mol. The zero-order valence-electron chi connectivity index (χ0n) is 13.2. The number of carbonyl (C=O) groups is 1. The predicted octanol–water partition coefficient (Wildman–Crippen LogP) is 4.54. The van der Waals surface area contributed by atoms with Gasteiger partial charge in [-0.3, -0.25) is 4.79 Å². The van der Waals surface area contributed by atoms with Crippen LogP contribution in [0, 0.1) is 0 Å². The number of nitrogens with zero attached hydrogens (tertiary/aromatic N) is 1. The molecule has 1 amide bonds. The molecule has 0 unspecified atom stereocenters. The molecule has 1 saturated carbocycles. The van der Waals surface area contributed by atoms with Crippen LogP contribution in [0.4, 0.5) is 0 Å². The van der Waals surface area contributed by atoms with Crippen LogP contribution in [0.15, 0.2) is 66.9 Å². The second-order valence-electron chi connectivity index (χ2n) is 6.06. The molecule has 1 N–H and O–H groups in total. The molecule has 0 atom stereocenters. The standard InChI is InChI=1S/C20H18N2OS/c23-19(17-13-21-20(24-17)16-11-12-16)22-18(14-7-3-1-4-8-14)15-9-5-2-6-10-15/h1-10,13,16,18H,11-12H2,(H,22,23). The van der Waals surface area contributed by atoms with Gasteiger partial charge < -0.3 is 5.32 Å². The Bertz CT molecular complexity index is 786. The van der Waals surface area contributed by atoms with Crippen molar-refractivity contribution in [3.05, 3.63) is 87.9 Å². The van der Waals surface area contributed by atoms with Crippen LogP contribution in [0.3, 0.4) is 0 Å². The Morgan fingerprint density at radius 1 is 1.00 bits per heavy atom. The highest BCUT2D eigenvalue weighted by Crippen LogP contribution is 2.41. The Kier molecular flexibility index (Phi) is 4.13. The normalized spacial score (nSPS) is 13.9. The van der Waals surface area contributed by atoms with Gasteiger partial charge in [0, 0.05) is 5.92 Å². The number of aromatic nitrogens is 1. The van der Waals surface area contributed by atoms with Gasteiger partial charge in [0.05, 0.1) is 17.2 Å². The molecule has 0 radical (unpaired) electrons. The summed E-state index contributed by atoms with van der Waals surface area (Å²) in [6.07, 6.45) is 4.11. The summed E-state index contributed by atoms with van der Waals surface area (Å²) < 4.78 is 0. The molecule has 3 nitrogen and oxygen atoms in total. The third-order valence-corrected chi connectivity index (χ3v) is 5.37. The lowest BCUT2D eigenvalue weighted by Crippen LogP contribution is -2.28. The van der Waals surface area contributed by atoms with E-state index in [0.29, 0.717) is 10.8 Å². The van der Waals surface area contributed by atoms with Crippen molar-refractivity contribution in [2.45, 2.75) is 24.8 Å². The first-order chi connectivity index (χ1) is 11.8. The van der Waals surface area contributed by atoms with Crippen LogP contribution < -0.4 is 5.32 Å². The first-order valence-electron chi connectivity index (χ1n) is 8.18. The summed E-state index contributed by atoms with van der Waals surface area (Å²) in [5.41, 5.74) is 2.15. The lowest BCUT2D eigenvalue weighted by molar-refractivity contribution is 0.0947. The summed E-state index contributed by atoms with van der Waals surface area (Å²) in [5.74, 6) is 0.521. The van der Waals surface area contributed by atoms with Crippen molar-refractivity contribution >= 4 is 17.2 Å². The van der Waals surface area contributed by atoms with Gasteiger partial charge in [-0.15, -0.1) is 11.3 Å². The fourth-order valence-corrected chi connectivity index (χ4v) is 3.75. The van der Waals surface area contributed by atoms with Crippen molar-refractivity contribution in [1.29, 1.82) is 0 Å². The van der Waals surface area contributed by atoms with Crippen molar-refractivity contribution in [2.75, 3.05) is 0 Å².